The zero-order valence-electron chi connectivity index (χ0n) is 8.91. The van der Waals surface area contributed by atoms with Gasteiger partial charge >= 0.3 is 0 Å². The third-order valence-electron chi connectivity index (χ3n) is 2.65. The third kappa shape index (κ3) is 2.66. The normalized spacial score (nSPS) is 39.0. The molecule has 0 bridgehead atoms. The van der Waals surface area contributed by atoms with Crippen LogP contribution >= 0.6 is 0 Å². The molecule has 1 N–H and O–H groups in total. The van der Waals surface area contributed by atoms with Gasteiger partial charge in [0, 0.05) is 12.5 Å². The minimum atomic E-state index is -0.508. The van der Waals surface area contributed by atoms with Crippen LogP contribution in [0.15, 0.2) is 0 Å². The van der Waals surface area contributed by atoms with Gasteiger partial charge in [0.05, 0.1) is 12.2 Å². The number of hydrogen-bond acceptors (Lipinski definition) is 3. The summed E-state index contributed by atoms with van der Waals surface area (Å²) in [6, 6.07) is 0. The van der Waals surface area contributed by atoms with E-state index in [2.05, 4.69) is 13.8 Å². The fourth-order valence-corrected chi connectivity index (χ4v) is 1.81. The Bertz CT molecular complexity index is 168. The van der Waals surface area contributed by atoms with Crippen LogP contribution in [-0.4, -0.2) is 29.7 Å². The van der Waals surface area contributed by atoms with Gasteiger partial charge in [-0.2, -0.15) is 0 Å². The molecular formula is C10H20O3. The molecule has 0 radical (unpaired) electrons. The largest absolute Gasteiger partial charge is 0.396 e. The molecule has 0 aliphatic carbocycles. The Morgan fingerprint density at radius 2 is 1.85 bits per heavy atom. The van der Waals surface area contributed by atoms with Crippen molar-refractivity contribution >= 4 is 0 Å². The van der Waals surface area contributed by atoms with Crippen LogP contribution in [0.2, 0.25) is 0 Å². The predicted molar refractivity (Wildman–Crippen MR) is 50.4 cm³/mol. The van der Waals surface area contributed by atoms with Gasteiger partial charge in [-0.1, -0.05) is 6.92 Å². The summed E-state index contributed by atoms with van der Waals surface area (Å²) in [5, 5.41) is 8.87. The van der Waals surface area contributed by atoms with Crippen LogP contribution in [0.1, 0.15) is 34.1 Å². The highest BCUT2D eigenvalue weighted by Crippen LogP contribution is 2.31. The van der Waals surface area contributed by atoms with Crippen molar-refractivity contribution in [3.63, 3.8) is 0 Å². The van der Waals surface area contributed by atoms with Gasteiger partial charge in [-0.3, -0.25) is 0 Å². The van der Waals surface area contributed by atoms with Crippen molar-refractivity contribution in [1.82, 2.24) is 0 Å². The molecule has 1 rings (SSSR count). The van der Waals surface area contributed by atoms with Gasteiger partial charge in [0.15, 0.2) is 5.79 Å². The number of rotatable bonds is 2. The summed E-state index contributed by atoms with van der Waals surface area (Å²) >= 11 is 0. The SMILES string of the molecule is CC1OC(C)(C)OC(CCO)C1C. The van der Waals surface area contributed by atoms with Gasteiger partial charge in [0.1, 0.15) is 0 Å². The summed E-state index contributed by atoms with van der Waals surface area (Å²) < 4.78 is 11.4. The van der Waals surface area contributed by atoms with Crippen molar-refractivity contribution in [3.05, 3.63) is 0 Å². The zero-order chi connectivity index (χ0) is 10.1. The molecule has 0 aromatic rings. The molecule has 1 saturated heterocycles. The fraction of sp³-hybridized carbons (Fsp3) is 1.00. The molecule has 3 heteroatoms. The van der Waals surface area contributed by atoms with Crippen molar-refractivity contribution in [2.75, 3.05) is 6.61 Å². The first-order chi connectivity index (χ1) is 5.96. The summed E-state index contributed by atoms with van der Waals surface area (Å²) in [4.78, 5) is 0. The molecule has 0 spiro atoms. The lowest BCUT2D eigenvalue weighted by molar-refractivity contribution is -0.316. The highest BCUT2D eigenvalue weighted by molar-refractivity contribution is 4.79. The lowest BCUT2D eigenvalue weighted by Crippen LogP contribution is -2.49. The van der Waals surface area contributed by atoms with Crippen molar-refractivity contribution in [2.24, 2.45) is 5.92 Å². The van der Waals surface area contributed by atoms with E-state index in [1.807, 2.05) is 13.8 Å². The van der Waals surface area contributed by atoms with E-state index in [4.69, 9.17) is 14.6 Å². The van der Waals surface area contributed by atoms with Crippen LogP contribution in [0.3, 0.4) is 0 Å². The van der Waals surface area contributed by atoms with E-state index in [1.165, 1.54) is 0 Å². The molecule has 0 saturated carbocycles. The summed E-state index contributed by atoms with van der Waals surface area (Å²) in [5.74, 6) is -0.161. The first-order valence-electron chi connectivity index (χ1n) is 4.93. The van der Waals surface area contributed by atoms with E-state index >= 15 is 0 Å². The Kier molecular flexibility index (Phi) is 3.33. The summed E-state index contributed by atoms with van der Waals surface area (Å²) in [5.41, 5.74) is 0. The molecule has 1 fully saturated rings. The third-order valence-corrected chi connectivity index (χ3v) is 2.65. The highest BCUT2D eigenvalue weighted by Gasteiger charge is 2.38. The highest BCUT2D eigenvalue weighted by atomic mass is 16.7. The Balaban J connectivity index is 2.61. The van der Waals surface area contributed by atoms with E-state index in [-0.39, 0.29) is 18.8 Å². The Labute approximate surface area is 80.0 Å². The number of aliphatic hydroxyl groups is 1. The molecule has 1 heterocycles. The second kappa shape index (κ2) is 3.95. The standard InChI is InChI=1S/C10H20O3/c1-7-8(2)12-10(3,4)13-9(7)5-6-11/h7-9,11H,5-6H2,1-4H3. The van der Waals surface area contributed by atoms with Gasteiger partial charge in [-0.25, -0.2) is 0 Å². The van der Waals surface area contributed by atoms with Crippen molar-refractivity contribution in [2.45, 2.75) is 52.1 Å². The van der Waals surface area contributed by atoms with Crippen molar-refractivity contribution in [3.8, 4) is 0 Å². The van der Waals surface area contributed by atoms with Crippen LogP contribution in [0.4, 0.5) is 0 Å². The molecule has 0 aromatic heterocycles. The topological polar surface area (TPSA) is 38.7 Å². The number of ether oxygens (including phenoxy) is 2. The Hall–Kier alpha value is -0.120. The minimum Gasteiger partial charge on any atom is -0.396 e. The van der Waals surface area contributed by atoms with Crippen molar-refractivity contribution < 1.29 is 14.6 Å². The summed E-state index contributed by atoms with van der Waals surface area (Å²) in [6.07, 6.45) is 1.00. The monoisotopic (exact) mass is 188 g/mol. The molecule has 78 valence electrons. The average molecular weight is 188 g/mol. The maximum atomic E-state index is 8.87. The second-order valence-corrected chi connectivity index (χ2v) is 4.25. The van der Waals surface area contributed by atoms with Crippen LogP contribution in [0.25, 0.3) is 0 Å². The predicted octanol–water partition coefficient (Wildman–Crippen LogP) is 1.54. The molecule has 3 unspecified atom stereocenters. The molecule has 3 atom stereocenters. The number of aliphatic hydroxyl groups excluding tert-OH is 1. The van der Waals surface area contributed by atoms with Crippen LogP contribution in [-0.2, 0) is 9.47 Å². The van der Waals surface area contributed by atoms with Gasteiger partial charge in [0.2, 0.25) is 0 Å². The van der Waals surface area contributed by atoms with E-state index in [9.17, 15) is 0 Å². The smallest absolute Gasteiger partial charge is 0.163 e. The first-order valence-corrected chi connectivity index (χ1v) is 4.93. The summed E-state index contributed by atoms with van der Waals surface area (Å²) in [7, 11) is 0. The Morgan fingerprint density at radius 1 is 1.23 bits per heavy atom. The van der Waals surface area contributed by atoms with E-state index in [0.29, 0.717) is 12.3 Å². The van der Waals surface area contributed by atoms with E-state index in [1.54, 1.807) is 0 Å². The van der Waals surface area contributed by atoms with Crippen molar-refractivity contribution in [1.29, 1.82) is 0 Å². The summed E-state index contributed by atoms with van der Waals surface area (Å²) in [6.45, 7) is 8.16. The van der Waals surface area contributed by atoms with Crippen LogP contribution in [0, 0.1) is 5.92 Å². The zero-order valence-corrected chi connectivity index (χ0v) is 8.91. The Morgan fingerprint density at radius 3 is 2.38 bits per heavy atom. The second-order valence-electron chi connectivity index (χ2n) is 4.25. The number of hydrogen-bond donors (Lipinski definition) is 1. The van der Waals surface area contributed by atoms with Gasteiger partial charge < -0.3 is 14.6 Å². The molecule has 0 amide bonds. The molecule has 1 aliphatic rings. The van der Waals surface area contributed by atoms with Crippen LogP contribution < -0.4 is 0 Å². The minimum absolute atomic E-state index is 0.115. The lowest BCUT2D eigenvalue weighted by Gasteiger charge is -2.43. The molecule has 3 nitrogen and oxygen atoms in total. The van der Waals surface area contributed by atoms with E-state index < -0.39 is 5.79 Å². The van der Waals surface area contributed by atoms with Gasteiger partial charge in [-0.15, -0.1) is 0 Å². The maximum absolute atomic E-state index is 8.87. The lowest BCUT2D eigenvalue weighted by atomic mass is 9.94. The molecule has 0 aromatic carbocycles. The fourth-order valence-electron chi connectivity index (χ4n) is 1.81. The average Bonchev–Trinajstić information content (AvgIpc) is 1.99. The van der Waals surface area contributed by atoms with E-state index in [0.717, 1.165) is 0 Å². The molecule has 1 aliphatic heterocycles. The molecule has 13 heavy (non-hydrogen) atoms. The van der Waals surface area contributed by atoms with Crippen LogP contribution in [0.5, 0.6) is 0 Å². The molecular weight excluding hydrogens is 168 g/mol. The first kappa shape index (κ1) is 11.0. The quantitative estimate of drug-likeness (QED) is 0.714. The van der Waals surface area contributed by atoms with Gasteiger partial charge in [-0.05, 0) is 27.2 Å². The maximum Gasteiger partial charge on any atom is 0.163 e. The van der Waals surface area contributed by atoms with Gasteiger partial charge in [0.25, 0.3) is 0 Å².